The first-order chi connectivity index (χ1) is 5.66. The van der Waals surface area contributed by atoms with Crippen molar-refractivity contribution in [1.29, 1.82) is 0 Å². The highest BCUT2D eigenvalue weighted by Crippen LogP contribution is 1.85. The Labute approximate surface area is 73.5 Å². The van der Waals surface area contributed by atoms with E-state index in [9.17, 15) is 4.79 Å². The summed E-state index contributed by atoms with van der Waals surface area (Å²) >= 11 is 0. The Bertz CT molecular complexity index is 188. The van der Waals surface area contributed by atoms with Crippen molar-refractivity contribution in [2.45, 2.75) is 13.8 Å². The second-order valence-electron chi connectivity index (χ2n) is 2.82. The zero-order valence-corrected chi connectivity index (χ0v) is 7.81. The Morgan fingerprint density at radius 1 is 1.58 bits per heavy atom. The molecule has 0 unspecified atom stereocenters. The molecule has 0 saturated carbocycles. The van der Waals surface area contributed by atoms with Crippen LogP contribution in [0.15, 0.2) is 0 Å². The SMILES string of the molecule is COC(=O)C#CCNCC(C)C. The van der Waals surface area contributed by atoms with Crippen molar-refractivity contribution in [2.75, 3.05) is 20.2 Å². The summed E-state index contributed by atoms with van der Waals surface area (Å²) in [4.78, 5) is 10.5. The Morgan fingerprint density at radius 3 is 2.75 bits per heavy atom. The van der Waals surface area contributed by atoms with E-state index in [4.69, 9.17) is 0 Å². The fraction of sp³-hybridized carbons (Fsp3) is 0.667. The van der Waals surface area contributed by atoms with Gasteiger partial charge in [-0.2, -0.15) is 0 Å². The minimum absolute atomic E-state index is 0.485. The molecule has 0 aliphatic heterocycles. The second kappa shape index (κ2) is 6.68. The summed E-state index contributed by atoms with van der Waals surface area (Å²) in [5.74, 6) is 5.11. The minimum Gasteiger partial charge on any atom is -0.459 e. The summed E-state index contributed by atoms with van der Waals surface area (Å²) in [6.07, 6.45) is 0. The van der Waals surface area contributed by atoms with Crippen LogP contribution in [0.25, 0.3) is 0 Å². The van der Waals surface area contributed by atoms with Gasteiger partial charge in [-0.3, -0.25) is 0 Å². The van der Waals surface area contributed by atoms with Gasteiger partial charge in [0.2, 0.25) is 0 Å². The first-order valence-electron chi connectivity index (χ1n) is 3.94. The molecule has 0 radical (unpaired) electrons. The van der Waals surface area contributed by atoms with Gasteiger partial charge in [0.25, 0.3) is 0 Å². The van der Waals surface area contributed by atoms with Gasteiger partial charge in [0, 0.05) is 5.92 Å². The molecule has 0 aromatic carbocycles. The van der Waals surface area contributed by atoms with E-state index in [0.29, 0.717) is 12.5 Å². The van der Waals surface area contributed by atoms with Crippen LogP contribution in [0.1, 0.15) is 13.8 Å². The van der Waals surface area contributed by atoms with Gasteiger partial charge in [0.1, 0.15) is 0 Å². The van der Waals surface area contributed by atoms with E-state index >= 15 is 0 Å². The number of hydrogen-bond donors (Lipinski definition) is 1. The van der Waals surface area contributed by atoms with Crippen molar-refractivity contribution in [2.24, 2.45) is 5.92 Å². The molecule has 3 heteroatoms. The number of esters is 1. The maximum Gasteiger partial charge on any atom is 0.384 e. The van der Waals surface area contributed by atoms with Gasteiger partial charge in [0.15, 0.2) is 0 Å². The first kappa shape index (κ1) is 11.0. The number of ether oxygens (including phenoxy) is 1. The smallest absolute Gasteiger partial charge is 0.384 e. The van der Waals surface area contributed by atoms with Gasteiger partial charge in [-0.1, -0.05) is 19.8 Å². The number of carbonyl (C=O) groups excluding carboxylic acids is 1. The highest BCUT2D eigenvalue weighted by atomic mass is 16.5. The molecule has 0 saturated heterocycles. The van der Waals surface area contributed by atoms with Crippen LogP contribution >= 0.6 is 0 Å². The second-order valence-corrected chi connectivity index (χ2v) is 2.82. The van der Waals surface area contributed by atoms with Crippen molar-refractivity contribution >= 4 is 5.97 Å². The average molecular weight is 169 g/mol. The van der Waals surface area contributed by atoms with Gasteiger partial charge < -0.3 is 10.1 Å². The average Bonchev–Trinajstić information content (AvgIpc) is 2.03. The molecular weight excluding hydrogens is 154 g/mol. The van der Waals surface area contributed by atoms with Crippen molar-refractivity contribution < 1.29 is 9.53 Å². The lowest BCUT2D eigenvalue weighted by Crippen LogP contribution is -2.19. The van der Waals surface area contributed by atoms with E-state index in [1.807, 2.05) is 0 Å². The Balaban J connectivity index is 3.39. The number of carbonyl (C=O) groups is 1. The minimum atomic E-state index is -0.485. The first-order valence-corrected chi connectivity index (χ1v) is 3.94. The molecule has 0 fully saturated rings. The molecular formula is C9H15NO2. The van der Waals surface area contributed by atoms with Crippen LogP contribution in [0.2, 0.25) is 0 Å². The summed E-state index contributed by atoms with van der Waals surface area (Å²) < 4.78 is 4.34. The molecule has 12 heavy (non-hydrogen) atoms. The van der Waals surface area contributed by atoms with E-state index in [0.717, 1.165) is 6.54 Å². The maximum atomic E-state index is 10.5. The van der Waals surface area contributed by atoms with Crippen LogP contribution in [0.4, 0.5) is 0 Å². The molecule has 1 N–H and O–H groups in total. The van der Waals surface area contributed by atoms with E-state index in [1.165, 1.54) is 7.11 Å². The maximum absolute atomic E-state index is 10.5. The third-order valence-corrected chi connectivity index (χ3v) is 1.14. The summed E-state index contributed by atoms with van der Waals surface area (Å²) in [6, 6.07) is 0. The molecule has 0 rings (SSSR count). The van der Waals surface area contributed by atoms with Crippen molar-refractivity contribution in [1.82, 2.24) is 5.32 Å². The largest absolute Gasteiger partial charge is 0.459 e. The molecule has 0 amide bonds. The Morgan fingerprint density at radius 2 is 2.25 bits per heavy atom. The van der Waals surface area contributed by atoms with Crippen LogP contribution in [-0.2, 0) is 9.53 Å². The predicted octanol–water partition coefficient (Wildman–Crippen LogP) is 0.408. The van der Waals surface area contributed by atoms with E-state index < -0.39 is 5.97 Å². The van der Waals surface area contributed by atoms with E-state index in [-0.39, 0.29) is 0 Å². The molecule has 0 atom stereocenters. The molecule has 0 aliphatic rings. The van der Waals surface area contributed by atoms with Crippen LogP contribution < -0.4 is 5.32 Å². The fourth-order valence-electron chi connectivity index (χ4n) is 0.591. The van der Waals surface area contributed by atoms with Gasteiger partial charge >= 0.3 is 5.97 Å². The molecule has 0 aliphatic carbocycles. The topological polar surface area (TPSA) is 38.3 Å². The number of nitrogens with one attached hydrogen (secondary N) is 1. The lowest BCUT2D eigenvalue weighted by molar-refractivity contribution is -0.133. The highest BCUT2D eigenvalue weighted by Gasteiger charge is 1.90. The molecule has 0 spiro atoms. The predicted molar refractivity (Wildman–Crippen MR) is 47.5 cm³/mol. The molecule has 0 aromatic rings. The van der Waals surface area contributed by atoms with Crippen LogP contribution in [0.3, 0.4) is 0 Å². The molecule has 3 nitrogen and oxygen atoms in total. The van der Waals surface area contributed by atoms with E-state index in [1.54, 1.807) is 0 Å². The van der Waals surface area contributed by atoms with Crippen molar-refractivity contribution in [3.63, 3.8) is 0 Å². The Hall–Kier alpha value is -1.01. The van der Waals surface area contributed by atoms with Gasteiger partial charge in [-0.15, -0.1) is 0 Å². The third kappa shape index (κ3) is 7.10. The summed E-state index contributed by atoms with van der Waals surface area (Å²) in [5, 5.41) is 3.08. The van der Waals surface area contributed by atoms with Crippen LogP contribution in [0.5, 0.6) is 0 Å². The number of hydrogen-bond acceptors (Lipinski definition) is 3. The fourth-order valence-corrected chi connectivity index (χ4v) is 0.591. The molecule has 68 valence electrons. The summed E-state index contributed by atoms with van der Waals surface area (Å²) in [6.45, 7) is 5.67. The normalized spacial score (nSPS) is 9.00. The lowest BCUT2D eigenvalue weighted by Gasteiger charge is -2.01. The molecule has 0 heterocycles. The quantitative estimate of drug-likeness (QED) is 0.288. The summed E-state index contributed by atoms with van der Waals surface area (Å²) in [5.41, 5.74) is 0. The van der Waals surface area contributed by atoms with Crippen molar-refractivity contribution in [3.8, 4) is 11.8 Å². The van der Waals surface area contributed by atoms with Crippen LogP contribution in [-0.4, -0.2) is 26.2 Å². The van der Waals surface area contributed by atoms with Gasteiger partial charge in [0.05, 0.1) is 13.7 Å². The lowest BCUT2D eigenvalue weighted by atomic mass is 10.2. The standard InChI is InChI=1S/C9H15NO2/c1-8(2)7-10-6-4-5-9(11)12-3/h8,10H,6-7H2,1-3H3. The van der Waals surface area contributed by atoms with E-state index in [2.05, 4.69) is 35.7 Å². The Kier molecular flexibility index (Phi) is 6.12. The van der Waals surface area contributed by atoms with Gasteiger partial charge in [-0.05, 0) is 12.5 Å². The number of methoxy groups -OCH3 is 1. The number of rotatable bonds is 3. The van der Waals surface area contributed by atoms with Crippen LogP contribution in [0, 0.1) is 17.8 Å². The van der Waals surface area contributed by atoms with Gasteiger partial charge in [-0.25, -0.2) is 4.79 Å². The monoisotopic (exact) mass is 169 g/mol. The third-order valence-electron chi connectivity index (χ3n) is 1.14. The zero-order valence-electron chi connectivity index (χ0n) is 7.81. The molecule has 0 aromatic heterocycles. The molecule has 0 bridgehead atoms. The summed E-state index contributed by atoms with van der Waals surface area (Å²) in [7, 11) is 1.32. The zero-order chi connectivity index (χ0) is 9.40. The highest BCUT2D eigenvalue weighted by molar-refractivity contribution is 5.88. The van der Waals surface area contributed by atoms with Crippen molar-refractivity contribution in [3.05, 3.63) is 0 Å².